The Bertz CT molecular complexity index is 388. The monoisotopic (exact) mass is 236 g/mol. The van der Waals surface area contributed by atoms with E-state index in [0.29, 0.717) is 5.92 Å². The smallest absolute Gasteiger partial charge is 0.241 e. The molecular formula is C12H20N4O. The molecule has 2 N–H and O–H groups in total. The van der Waals surface area contributed by atoms with Crippen LogP contribution in [0.25, 0.3) is 0 Å². The molecule has 2 rings (SSSR count). The van der Waals surface area contributed by atoms with Gasteiger partial charge in [-0.05, 0) is 32.2 Å². The Morgan fingerprint density at radius 1 is 1.71 bits per heavy atom. The van der Waals surface area contributed by atoms with Gasteiger partial charge in [0.05, 0.1) is 17.9 Å². The van der Waals surface area contributed by atoms with E-state index in [1.54, 1.807) is 10.9 Å². The lowest BCUT2D eigenvalue weighted by molar-refractivity contribution is -0.119. The van der Waals surface area contributed by atoms with E-state index in [2.05, 4.69) is 22.7 Å². The molecule has 1 saturated heterocycles. The fraction of sp³-hybridized carbons (Fsp3) is 0.667. The first-order valence-corrected chi connectivity index (χ1v) is 6.27. The van der Waals surface area contributed by atoms with Crippen molar-refractivity contribution in [2.45, 2.75) is 39.3 Å². The van der Waals surface area contributed by atoms with E-state index in [1.165, 1.54) is 0 Å². The van der Waals surface area contributed by atoms with E-state index in [9.17, 15) is 4.79 Å². The quantitative estimate of drug-likeness (QED) is 0.830. The highest BCUT2D eigenvalue weighted by Crippen LogP contribution is 2.17. The minimum Gasteiger partial charge on any atom is -0.322 e. The molecule has 0 aromatic carbocycles. The van der Waals surface area contributed by atoms with Crippen molar-refractivity contribution in [3.8, 4) is 0 Å². The second kappa shape index (κ2) is 5.31. The molecule has 0 saturated carbocycles. The van der Waals surface area contributed by atoms with E-state index in [1.807, 2.05) is 13.1 Å². The molecule has 1 amide bonds. The summed E-state index contributed by atoms with van der Waals surface area (Å²) >= 11 is 0. The van der Waals surface area contributed by atoms with Crippen molar-refractivity contribution in [2.75, 3.05) is 11.9 Å². The molecule has 0 bridgehead atoms. The van der Waals surface area contributed by atoms with Gasteiger partial charge in [-0.1, -0.05) is 6.92 Å². The van der Waals surface area contributed by atoms with E-state index in [0.717, 1.165) is 31.6 Å². The molecule has 0 aliphatic carbocycles. The summed E-state index contributed by atoms with van der Waals surface area (Å²) in [7, 11) is 0. The molecule has 5 heteroatoms. The molecule has 2 atom stereocenters. The Morgan fingerprint density at radius 3 is 3.18 bits per heavy atom. The van der Waals surface area contributed by atoms with Crippen molar-refractivity contribution in [3.63, 3.8) is 0 Å². The van der Waals surface area contributed by atoms with Gasteiger partial charge in [-0.15, -0.1) is 0 Å². The summed E-state index contributed by atoms with van der Waals surface area (Å²) in [5, 5.41) is 10.3. The highest BCUT2D eigenvalue weighted by Gasteiger charge is 2.27. The third-order valence-electron chi connectivity index (χ3n) is 3.28. The average molecular weight is 236 g/mol. The van der Waals surface area contributed by atoms with Crippen LogP contribution in [0.1, 0.15) is 26.7 Å². The maximum atomic E-state index is 12.1. The summed E-state index contributed by atoms with van der Waals surface area (Å²) in [6.45, 7) is 5.87. The van der Waals surface area contributed by atoms with Crippen LogP contribution in [0, 0.1) is 5.92 Å². The lowest BCUT2D eigenvalue weighted by atomic mass is 9.92. The van der Waals surface area contributed by atoms with Crippen molar-refractivity contribution in [2.24, 2.45) is 5.92 Å². The summed E-state index contributed by atoms with van der Waals surface area (Å²) in [5.41, 5.74) is 0.774. The number of anilines is 1. The second-order valence-electron chi connectivity index (χ2n) is 4.63. The summed E-state index contributed by atoms with van der Waals surface area (Å²) in [4.78, 5) is 12.1. The molecule has 17 heavy (non-hydrogen) atoms. The number of piperidine rings is 1. The van der Waals surface area contributed by atoms with Crippen LogP contribution in [0.4, 0.5) is 5.69 Å². The van der Waals surface area contributed by atoms with Gasteiger partial charge in [-0.2, -0.15) is 5.10 Å². The number of aromatic nitrogens is 2. The average Bonchev–Trinajstić information content (AvgIpc) is 2.77. The van der Waals surface area contributed by atoms with Crippen molar-refractivity contribution in [1.29, 1.82) is 0 Å². The number of hydrogen-bond acceptors (Lipinski definition) is 3. The highest BCUT2D eigenvalue weighted by atomic mass is 16.2. The van der Waals surface area contributed by atoms with E-state index in [-0.39, 0.29) is 11.9 Å². The first kappa shape index (κ1) is 12.1. The second-order valence-corrected chi connectivity index (χ2v) is 4.63. The van der Waals surface area contributed by atoms with Gasteiger partial charge in [0.15, 0.2) is 0 Å². The SMILES string of the molecule is CCn1cc(NC(=O)C2NCCCC2C)cn1. The number of nitrogens with one attached hydrogen (secondary N) is 2. The molecule has 1 aromatic rings. The number of amides is 1. The molecule has 2 heterocycles. The number of carbonyl (C=O) groups is 1. The van der Waals surface area contributed by atoms with Crippen molar-refractivity contribution in [1.82, 2.24) is 15.1 Å². The normalized spacial score (nSPS) is 24.6. The zero-order valence-electron chi connectivity index (χ0n) is 10.4. The minimum atomic E-state index is -0.0753. The first-order chi connectivity index (χ1) is 8.20. The van der Waals surface area contributed by atoms with Crippen LogP contribution < -0.4 is 10.6 Å². The number of carbonyl (C=O) groups excluding carboxylic acids is 1. The van der Waals surface area contributed by atoms with Gasteiger partial charge in [0.25, 0.3) is 0 Å². The molecule has 0 radical (unpaired) electrons. The van der Waals surface area contributed by atoms with Crippen molar-refractivity contribution < 1.29 is 4.79 Å². The number of hydrogen-bond donors (Lipinski definition) is 2. The third kappa shape index (κ3) is 2.85. The van der Waals surface area contributed by atoms with Crippen LogP contribution in [0.15, 0.2) is 12.4 Å². The van der Waals surface area contributed by atoms with Crippen LogP contribution in [-0.2, 0) is 11.3 Å². The summed E-state index contributed by atoms with van der Waals surface area (Å²) in [5.74, 6) is 0.442. The van der Waals surface area contributed by atoms with Gasteiger partial charge in [0.2, 0.25) is 5.91 Å². The van der Waals surface area contributed by atoms with Gasteiger partial charge >= 0.3 is 0 Å². The Morgan fingerprint density at radius 2 is 2.53 bits per heavy atom. The minimum absolute atomic E-state index is 0.0489. The standard InChI is InChI=1S/C12H20N4O/c1-3-16-8-10(7-14-16)15-12(17)11-9(2)5-4-6-13-11/h7-9,11,13H,3-6H2,1-2H3,(H,15,17). The largest absolute Gasteiger partial charge is 0.322 e. The number of nitrogens with zero attached hydrogens (tertiary/aromatic N) is 2. The predicted molar refractivity (Wildman–Crippen MR) is 66.7 cm³/mol. The Hall–Kier alpha value is -1.36. The predicted octanol–water partition coefficient (Wildman–Crippen LogP) is 1.23. The fourth-order valence-corrected chi connectivity index (χ4v) is 2.22. The zero-order chi connectivity index (χ0) is 12.3. The molecule has 1 aromatic heterocycles. The number of aryl methyl sites for hydroxylation is 1. The third-order valence-corrected chi connectivity index (χ3v) is 3.28. The molecular weight excluding hydrogens is 216 g/mol. The maximum Gasteiger partial charge on any atom is 0.241 e. The molecule has 5 nitrogen and oxygen atoms in total. The maximum absolute atomic E-state index is 12.1. The van der Waals surface area contributed by atoms with Gasteiger partial charge in [0.1, 0.15) is 0 Å². The van der Waals surface area contributed by atoms with Crippen molar-refractivity contribution >= 4 is 11.6 Å². The Kier molecular flexibility index (Phi) is 3.78. The summed E-state index contributed by atoms with van der Waals surface area (Å²) in [6, 6.07) is -0.0753. The van der Waals surface area contributed by atoms with Crippen molar-refractivity contribution in [3.05, 3.63) is 12.4 Å². The Balaban J connectivity index is 1.95. The molecule has 1 fully saturated rings. The van der Waals surface area contributed by atoms with Crippen LogP contribution >= 0.6 is 0 Å². The van der Waals surface area contributed by atoms with Crippen LogP contribution in [0.2, 0.25) is 0 Å². The molecule has 1 aliphatic heterocycles. The van der Waals surface area contributed by atoms with Gasteiger partial charge in [-0.3, -0.25) is 9.48 Å². The fourth-order valence-electron chi connectivity index (χ4n) is 2.22. The van der Waals surface area contributed by atoms with Crippen LogP contribution in [0.3, 0.4) is 0 Å². The first-order valence-electron chi connectivity index (χ1n) is 6.27. The molecule has 94 valence electrons. The lowest BCUT2D eigenvalue weighted by Crippen LogP contribution is -2.48. The van der Waals surface area contributed by atoms with Crippen LogP contribution in [0.5, 0.6) is 0 Å². The molecule has 0 spiro atoms. The van der Waals surface area contributed by atoms with Gasteiger partial charge < -0.3 is 10.6 Å². The van der Waals surface area contributed by atoms with E-state index < -0.39 is 0 Å². The zero-order valence-corrected chi connectivity index (χ0v) is 10.4. The molecule has 2 unspecified atom stereocenters. The van der Waals surface area contributed by atoms with Gasteiger partial charge in [-0.25, -0.2) is 0 Å². The van der Waals surface area contributed by atoms with Gasteiger partial charge in [0, 0.05) is 12.7 Å². The Labute approximate surface area is 102 Å². The summed E-state index contributed by atoms with van der Waals surface area (Å²) in [6.07, 6.45) is 5.80. The molecule has 1 aliphatic rings. The topological polar surface area (TPSA) is 59.0 Å². The lowest BCUT2D eigenvalue weighted by Gasteiger charge is -2.28. The highest BCUT2D eigenvalue weighted by molar-refractivity contribution is 5.94. The van der Waals surface area contributed by atoms with E-state index >= 15 is 0 Å². The van der Waals surface area contributed by atoms with Crippen LogP contribution in [-0.4, -0.2) is 28.3 Å². The number of rotatable bonds is 3. The summed E-state index contributed by atoms with van der Waals surface area (Å²) < 4.78 is 1.80. The van der Waals surface area contributed by atoms with E-state index in [4.69, 9.17) is 0 Å².